The molecule has 0 spiro atoms. The Morgan fingerprint density at radius 3 is 2.65 bits per heavy atom. The maximum Gasteiger partial charge on any atom is 0.254 e. The van der Waals surface area contributed by atoms with Crippen LogP contribution < -0.4 is 5.32 Å². The molecule has 0 fully saturated rings. The number of carbonyl (C=O) groups is 1. The molecule has 0 aliphatic carbocycles. The lowest BCUT2D eigenvalue weighted by molar-refractivity contribution is 0.0850. The average molecular weight is 316 g/mol. The Labute approximate surface area is 136 Å². The van der Waals surface area contributed by atoms with Gasteiger partial charge in [0.15, 0.2) is 5.82 Å². The Balaban J connectivity index is 2.14. The quantitative estimate of drug-likeness (QED) is 0.820. The summed E-state index contributed by atoms with van der Waals surface area (Å²) in [6.07, 6.45) is 4.87. The van der Waals surface area contributed by atoms with E-state index in [9.17, 15) is 9.90 Å². The van der Waals surface area contributed by atoms with Crippen LogP contribution in [0.5, 0.6) is 0 Å². The molecule has 0 aromatic carbocycles. The molecule has 0 unspecified atom stereocenters. The van der Waals surface area contributed by atoms with Gasteiger partial charge in [0.25, 0.3) is 5.91 Å². The molecule has 0 aliphatic rings. The van der Waals surface area contributed by atoms with Crippen molar-refractivity contribution < 1.29 is 9.90 Å². The number of amides is 1. The Hall–Kier alpha value is -2.21. The van der Waals surface area contributed by atoms with E-state index in [4.69, 9.17) is 0 Å². The van der Waals surface area contributed by atoms with Crippen molar-refractivity contribution in [2.45, 2.75) is 33.6 Å². The summed E-state index contributed by atoms with van der Waals surface area (Å²) in [5.74, 6) is 0.500. The lowest BCUT2D eigenvalue weighted by Crippen LogP contribution is -2.39. The lowest BCUT2D eigenvalue weighted by Gasteiger charge is -2.29. The van der Waals surface area contributed by atoms with Gasteiger partial charge >= 0.3 is 0 Å². The summed E-state index contributed by atoms with van der Waals surface area (Å²) < 4.78 is 1.65. The predicted octanol–water partition coefficient (Wildman–Crippen LogP) is 2.10. The smallest absolute Gasteiger partial charge is 0.254 e. The van der Waals surface area contributed by atoms with Gasteiger partial charge in [-0.05, 0) is 31.9 Å². The van der Waals surface area contributed by atoms with Crippen LogP contribution in [0.15, 0.2) is 30.6 Å². The molecule has 6 heteroatoms. The molecule has 0 saturated heterocycles. The summed E-state index contributed by atoms with van der Waals surface area (Å²) in [5, 5.41) is 16.8. The summed E-state index contributed by atoms with van der Waals surface area (Å²) >= 11 is 0. The normalized spacial score (nSPS) is 11.5. The number of rotatable bonds is 7. The minimum Gasteiger partial charge on any atom is -0.396 e. The van der Waals surface area contributed by atoms with Gasteiger partial charge in [0, 0.05) is 18.2 Å². The zero-order valence-corrected chi connectivity index (χ0v) is 13.9. The molecule has 0 atom stereocenters. The van der Waals surface area contributed by atoms with Crippen LogP contribution in [0.25, 0.3) is 5.82 Å². The number of nitrogens with zero attached hydrogens (tertiary/aromatic N) is 3. The number of nitrogens with one attached hydrogen (secondary N) is 1. The summed E-state index contributed by atoms with van der Waals surface area (Å²) in [5.41, 5.74) is 0.999. The minimum absolute atomic E-state index is 0.0620. The largest absolute Gasteiger partial charge is 0.396 e. The zero-order chi connectivity index (χ0) is 16.9. The average Bonchev–Trinajstić information content (AvgIpc) is 2.99. The molecule has 2 N–H and O–H groups in total. The van der Waals surface area contributed by atoms with E-state index in [2.05, 4.69) is 15.4 Å². The highest BCUT2D eigenvalue weighted by molar-refractivity contribution is 5.95. The standard InChI is InChI=1S/C17H24N4O2/c1-4-17(5-2,12-22)11-19-16(23)14-10-20-21(13(14)3)15-8-6-7-9-18-15/h6-10,22H,4-5,11-12H2,1-3H3,(H,19,23). The van der Waals surface area contributed by atoms with Gasteiger partial charge in [-0.15, -0.1) is 0 Å². The molecule has 124 valence electrons. The molecule has 2 aromatic rings. The Morgan fingerprint density at radius 2 is 2.09 bits per heavy atom. The number of hydrogen-bond donors (Lipinski definition) is 2. The highest BCUT2D eigenvalue weighted by Crippen LogP contribution is 2.24. The van der Waals surface area contributed by atoms with Crippen LogP contribution in [0.3, 0.4) is 0 Å². The van der Waals surface area contributed by atoms with Crippen LogP contribution in [0.2, 0.25) is 0 Å². The van der Waals surface area contributed by atoms with Crippen LogP contribution in [0.4, 0.5) is 0 Å². The fourth-order valence-corrected chi connectivity index (χ4v) is 2.49. The van der Waals surface area contributed by atoms with E-state index in [1.165, 1.54) is 0 Å². The molecule has 23 heavy (non-hydrogen) atoms. The third kappa shape index (κ3) is 3.59. The first kappa shape index (κ1) is 17.1. The maximum atomic E-state index is 12.4. The van der Waals surface area contributed by atoms with Crippen LogP contribution in [0, 0.1) is 12.3 Å². The van der Waals surface area contributed by atoms with Crippen molar-refractivity contribution in [1.82, 2.24) is 20.1 Å². The molecule has 0 aliphatic heterocycles. The van der Waals surface area contributed by atoms with E-state index >= 15 is 0 Å². The number of aliphatic hydroxyl groups excluding tert-OH is 1. The first-order chi connectivity index (χ1) is 11.1. The van der Waals surface area contributed by atoms with Crippen molar-refractivity contribution in [2.75, 3.05) is 13.2 Å². The molecular formula is C17H24N4O2. The summed E-state index contributed by atoms with van der Waals surface area (Å²) in [6.45, 7) is 6.40. The summed E-state index contributed by atoms with van der Waals surface area (Å²) in [4.78, 5) is 16.7. The van der Waals surface area contributed by atoms with E-state index < -0.39 is 0 Å². The van der Waals surface area contributed by atoms with Gasteiger partial charge < -0.3 is 10.4 Å². The third-order valence-electron chi connectivity index (χ3n) is 4.58. The Morgan fingerprint density at radius 1 is 1.35 bits per heavy atom. The van der Waals surface area contributed by atoms with Gasteiger partial charge in [0.05, 0.1) is 24.1 Å². The van der Waals surface area contributed by atoms with Gasteiger partial charge in [0.2, 0.25) is 0 Å². The molecule has 0 radical (unpaired) electrons. The van der Waals surface area contributed by atoms with Gasteiger partial charge in [-0.2, -0.15) is 5.10 Å². The van der Waals surface area contributed by atoms with E-state index in [1.54, 1.807) is 17.1 Å². The first-order valence-electron chi connectivity index (χ1n) is 7.92. The van der Waals surface area contributed by atoms with Gasteiger partial charge in [-0.1, -0.05) is 19.9 Å². The molecule has 6 nitrogen and oxygen atoms in total. The number of aliphatic hydroxyl groups is 1. The van der Waals surface area contributed by atoms with Crippen LogP contribution >= 0.6 is 0 Å². The fourth-order valence-electron chi connectivity index (χ4n) is 2.49. The number of hydrogen-bond acceptors (Lipinski definition) is 4. The SMILES string of the molecule is CCC(CC)(CO)CNC(=O)c1cnn(-c2ccccn2)c1C. The second-order valence-corrected chi connectivity index (χ2v) is 5.79. The van der Waals surface area contributed by atoms with Crippen molar-refractivity contribution in [2.24, 2.45) is 5.41 Å². The highest BCUT2D eigenvalue weighted by Gasteiger charge is 2.26. The number of carbonyl (C=O) groups excluding carboxylic acids is 1. The van der Waals surface area contributed by atoms with E-state index in [0.717, 1.165) is 18.5 Å². The summed E-state index contributed by atoms with van der Waals surface area (Å²) in [6, 6.07) is 5.55. The molecule has 2 aromatic heterocycles. The second-order valence-electron chi connectivity index (χ2n) is 5.79. The number of aromatic nitrogens is 3. The van der Waals surface area contributed by atoms with E-state index in [0.29, 0.717) is 17.9 Å². The van der Waals surface area contributed by atoms with E-state index in [-0.39, 0.29) is 17.9 Å². The molecule has 1 amide bonds. The Kier molecular flexibility index (Phi) is 5.50. The van der Waals surface area contributed by atoms with Gasteiger partial charge in [-0.25, -0.2) is 9.67 Å². The topological polar surface area (TPSA) is 80.0 Å². The summed E-state index contributed by atoms with van der Waals surface area (Å²) in [7, 11) is 0. The van der Waals surface area contributed by atoms with Crippen molar-refractivity contribution in [3.05, 3.63) is 41.9 Å². The first-order valence-corrected chi connectivity index (χ1v) is 7.92. The van der Waals surface area contributed by atoms with Gasteiger partial charge in [0.1, 0.15) is 0 Å². The Bertz CT molecular complexity index is 640. The zero-order valence-electron chi connectivity index (χ0n) is 13.9. The van der Waals surface area contributed by atoms with Crippen molar-refractivity contribution in [1.29, 1.82) is 0 Å². The third-order valence-corrected chi connectivity index (χ3v) is 4.58. The molecule has 0 saturated carbocycles. The van der Waals surface area contributed by atoms with Crippen molar-refractivity contribution >= 4 is 5.91 Å². The maximum absolute atomic E-state index is 12.4. The molecule has 2 heterocycles. The van der Waals surface area contributed by atoms with Crippen LogP contribution in [-0.4, -0.2) is 38.9 Å². The molecule has 0 bridgehead atoms. The second kappa shape index (κ2) is 7.37. The lowest BCUT2D eigenvalue weighted by atomic mass is 9.83. The molecular weight excluding hydrogens is 292 g/mol. The van der Waals surface area contributed by atoms with Crippen LogP contribution in [-0.2, 0) is 0 Å². The number of pyridine rings is 1. The van der Waals surface area contributed by atoms with E-state index in [1.807, 2.05) is 39.0 Å². The van der Waals surface area contributed by atoms with Gasteiger partial charge in [-0.3, -0.25) is 4.79 Å². The fraction of sp³-hybridized carbons (Fsp3) is 0.471. The highest BCUT2D eigenvalue weighted by atomic mass is 16.3. The molecule has 2 rings (SSSR count). The van der Waals surface area contributed by atoms with Crippen LogP contribution in [0.1, 0.15) is 42.7 Å². The van der Waals surface area contributed by atoms with Crippen molar-refractivity contribution in [3.63, 3.8) is 0 Å². The predicted molar refractivity (Wildman–Crippen MR) is 88.5 cm³/mol. The monoisotopic (exact) mass is 316 g/mol. The van der Waals surface area contributed by atoms with Crippen molar-refractivity contribution in [3.8, 4) is 5.82 Å². The minimum atomic E-state index is -0.263.